The lowest BCUT2D eigenvalue weighted by atomic mass is 9.33. The average molecular weight is 789 g/mol. The largest absolute Gasteiger partial charge is 0.338 e. The van der Waals surface area contributed by atoms with Crippen molar-refractivity contribution in [2.45, 2.75) is 137 Å². The van der Waals surface area contributed by atoms with Crippen LogP contribution in [0.4, 0.5) is 28.4 Å². The molecule has 0 bridgehead atoms. The van der Waals surface area contributed by atoms with Gasteiger partial charge in [0.2, 0.25) is 0 Å². The number of anilines is 5. The van der Waals surface area contributed by atoms with Gasteiger partial charge >= 0.3 is 0 Å². The number of nitrogens with zero attached hydrogens (tertiary/aromatic N) is 2. The van der Waals surface area contributed by atoms with Gasteiger partial charge in [-0.15, -0.1) is 0 Å². The van der Waals surface area contributed by atoms with E-state index >= 15 is 0 Å². The molecule has 0 aromatic heterocycles. The van der Waals surface area contributed by atoms with Crippen LogP contribution in [0.25, 0.3) is 11.1 Å². The fraction of sp³-hybridized carbons (Fsp3) is 0.368. The molecule has 0 fully saturated rings. The smallest absolute Gasteiger partial charge is 0.252 e. The fourth-order valence-electron chi connectivity index (χ4n) is 10.9. The molecule has 0 N–H and O–H groups in total. The third kappa shape index (κ3) is 6.63. The van der Waals surface area contributed by atoms with Crippen molar-refractivity contribution >= 4 is 51.5 Å². The molecule has 3 aliphatic rings. The topological polar surface area (TPSA) is 6.48 Å². The fourth-order valence-corrected chi connectivity index (χ4v) is 10.9. The lowest BCUT2D eigenvalue weighted by Gasteiger charge is -2.45. The van der Waals surface area contributed by atoms with Crippen LogP contribution in [0.15, 0.2) is 115 Å². The predicted molar refractivity (Wildman–Crippen MR) is 261 cm³/mol. The summed E-state index contributed by atoms with van der Waals surface area (Å²) >= 11 is 0. The summed E-state index contributed by atoms with van der Waals surface area (Å²) in [5.74, 6) is 0. The van der Waals surface area contributed by atoms with Gasteiger partial charge in [-0.3, -0.25) is 0 Å². The zero-order chi connectivity index (χ0) is 42.9. The molecule has 0 saturated carbocycles. The van der Waals surface area contributed by atoms with Crippen LogP contribution in [-0.2, 0) is 33.6 Å². The molecule has 0 radical (unpaired) electrons. The second kappa shape index (κ2) is 13.5. The number of fused-ring (bicyclic) bond motifs is 5. The van der Waals surface area contributed by atoms with Gasteiger partial charge in [-0.05, 0) is 143 Å². The number of aryl methyl sites for hydroxylation is 1. The molecule has 0 atom stereocenters. The van der Waals surface area contributed by atoms with E-state index in [9.17, 15) is 0 Å². The number of hydrogen-bond acceptors (Lipinski definition) is 2. The number of rotatable bonds is 4. The van der Waals surface area contributed by atoms with Crippen LogP contribution in [0.5, 0.6) is 0 Å². The van der Waals surface area contributed by atoms with Crippen LogP contribution in [0.2, 0.25) is 0 Å². The molecule has 2 nitrogen and oxygen atoms in total. The van der Waals surface area contributed by atoms with Crippen molar-refractivity contribution in [2.24, 2.45) is 0 Å². The van der Waals surface area contributed by atoms with Gasteiger partial charge in [0.1, 0.15) is 0 Å². The van der Waals surface area contributed by atoms with Gasteiger partial charge in [0.05, 0.1) is 0 Å². The highest BCUT2D eigenvalue weighted by molar-refractivity contribution is 7.00. The van der Waals surface area contributed by atoms with Gasteiger partial charge in [-0.25, -0.2) is 0 Å². The van der Waals surface area contributed by atoms with Gasteiger partial charge in [-0.1, -0.05) is 169 Å². The van der Waals surface area contributed by atoms with E-state index in [1.54, 1.807) is 0 Å². The van der Waals surface area contributed by atoms with Crippen molar-refractivity contribution in [2.75, 3.05) is 9.80 Å². The zero-order valence-electron chi connectivity index (χ0n) is 38.9. The van der Waals surface area contributed by atoms with Gasteiger partial charge < -0.3 is 9.80 Å². The van der Waals surface area contributed by atoms with E-state index < -0.39 is 0 Å². The molecule has 0 unspecified atom stereocenters. The summed E-state index contributed by atoms with van der Waals surface area (Å²) in [6.45, 7) is 33.9. The Morgan fingerprint density at radius 3 is 1.73 bits per heavy atom. The van der Waals surface area contributed by atoms with Crippen LogP contribution in [0.1, 0.15) is 135 Å². The molecule has 306 valence electrons. The van der Waals surface area contributed by atoms with Gasteiger partial charge in [-0.2, -0.15) is 0 Å². The van der Waals surface area contributed by atoms with Crippen LogP contribution >= 0.6 is 0 Å². The Hall–Kier alpha value is -5.02. The summed E-state index contributed by atoms with van der Waals surface area (Å²) < 4.78 is 0. The van der Waals surface area contributed by atoms with E-state index in [0.717, 1.165) is 13.0 Å². The lowest BCUT2D eigenvalue weighted by molar-refractivity contribution is 0.403. The van der Waals surface area contributed by atoms with Crippen LogP contribution in [-0.4, -0.2) is 6.71 Å². The third-order valence-corrected chi connectivity index (χ3v) is 14.0. The summed E-state index contributed by atoms with van der Waals surface area (Å²) in [5.41, 5.74) is 23.2. The third-order valence-electron chi connectivity index (χ3n) is 14.0. The first-order valence-electron chi connectivity index (χ1n) is 22.4. The summed E-state index contributed by atoms with van der Waals surface area (Å²) in [6, 6.07) is 45.3. The first-order chi connectivity index (χ1) is 28.0. The highest BCUT2D eigenvalue weighted by Gasteiger charge is 2.48. The molecule has 0 saturated heterocycles. The minimum Gasteiger partial charge on any atom is -0.338 e. The summed E-state index contributed by atoms with van der Waals surface area (Å²) in [7, 11) is 0. The molecule has 9 rings (SSSR count). The summed E-state index contributed by atoms with van der Waals surface area (Å²) in [5, 5.41) is 0. The lowest BCUT2D eigenvalue weighted by Crippen LogP contribution is -2.62. The van der Waals surface area contributed by atoms with Crippen LogP contribution < -0.4 is 26.2 Å². The minimum absolute atomic E-state index is 0.00549. The average Bonchev–Trinajstić information content (AvgIpc) is 3.35. The van der Waals surface area contributed by atoms with Crippen molar-refractivity contribution in [3.63, 3.8) is 0 Å². The Balaban J connectivity index is 1.35. The van der Waals surface area contributed by atoms with Gasteiger partial charge in [0, 0.05) is 35.0 Å². The van der Waals surface area contributed by atoms with Gasteiger partial charge in [0.25, 0.3) is 6.71 Å². The normalized spacial score (nSPS) is 16.3. The molecule has 60 heavy (non-hydrogen) atoms. The molecule has 0 spiro atoms. The molecule has 6 aromatic rings. The Bertz CT molecular complexity index is 2660. The predicted octanol–water partition coefficient (Wildman–Crippen LogP) is 13.5. The van der Waals surface area contributed by atoms with E-state index in [0.29, 0.717) is 0 Å². The summed E-state index contributed by atoms with van der Waals surface area (Å²) in [4.78, 5) is 5.30. The highest BCUT2D eigenvalue weighted by Crippen LogP contribution is 2.52. The second-order valence-electron chi connectivity index (χ2n) is 22.8. The molecule has 2 heterocycles. The maximum atomic E-state index is 2.70. The molecule has 0 amide bonds. The van der Waals surface area contributed by atoms with Crippen molar-refractivity contribution in [3.05, 3.63) is 154 Å². The van der Waals surface area contributed by atoms with Crippen molar-refractivity contribution in [3.8, 4) is 11.1 Å². The van der Waals surface area contributed by atoms with Crippen LogP contribution in [0, 0.1) is 6.92 Å². The van der Waals surface area contributed by atoms with Gasteiger partial charge in [0.15, 0.2) is 0 Å². The van der Waals surface area contributed by atoms with E-state index in [1.165, 1.54) is 94.9 Å². The van der Waals surface area contributed by atoms with E-state index in [2.05, 4.69) is 222 Å². The maximum absolute atomic E-state index is 2.70. The number of hydrogen-bond donors (Lipinski definition) is 0. The molecule has 6 aromatic carbocycles. The first kappa shape index (κ1) is 40.4. The second-order valence-corrected chi connectivity index (χ2v) is 22.8. The molecule has 1 aliphatic carbocycles. The van der Waals surface area contributed by atoms with E-state index in [4.69, 9.17) is 0 Å². The Kier molecular flexibility index (Phi) is 9.08. The molecule has 2 aliphatic heterocycles. The standard InChI is InChI=1S/C57H65BN2/c1-36-28-50-52-51(29-36)60(42-25-22-39(23-26-42)53(2,3)4)49-31-41(55(8,9)10)24-27-46(49)58(52)47-32-44-45(57(13,14)35-56(44,11)12)33-48(47)59(50)34-38-20-21-40(54(5,6)7)30-43(38)37-18-16-15-17-19-37/h15-33H,34-35H2,1-14H3. The molecule has 3 heteroatoms. The Morgan fingerprint density at radius 1 is 0.533 bits per heavy atom. The zero-order valence-corrected chi connectivity index (χ0v) is 38.9. The van der Waals surface area contributed by atoms with E-state index in [1.807, 2.05) is 0 Å². The van der Waals surface area contributed by atoms with Crippen LogP contribution in [0.3, 0.4) is 0 Å². The van der Waals surface area contributed by atoms with Crippen molar-refractivity contribution < 1.29 is 0 Å². The van der Waals surface area contributed by atoms with E-state index in [-0.39, 0.29) is 33.8 Å². The molecular weight excluding hydrogens is 723 g/mol. The monoisotopic (exact) mass is 789 g/mol. The number of benzene rings is 6. The quantitative estimate of drug-likeness (QED) is 0.164. The molecular formula is C57H65BN2. The summed E-state index contributed by atoms with van der Waals surface area (Å²) in [6.07, 6.45) is 1.14. The van der Waals surface area contributed by atoms with Crippen molar-refractivity contribution in [1.29, 1.82) is 0 Å². The Labute approximate surface area is 362 Å². The Morgan fingerprint density at radius 2 is 1.10 bits per heavy atom. The highest BCUT2D eigenvalue weighted by atomic mass is 15.2. The SMILES string of the molecule is Cc1cc2c3c(c1)N(c1ccc(C(C)(C)C)cc1)c1cc(C(C)(C)C)ccc1B3c1cc3c(cc1N2Cc1ccc(C(C)(C)C)cc1-c1ccccc1)C(C)(C)CC3(C)C. The minimum atomic E-state index is 0.00549. The van der Waals surface area contributed by atoms with Crippen molar-refractivity contribution in [1.82, 2.24) is 0 Å². The first-order valence-corrected chi connectivity index (χ1v) is 22.4. The maximum Gasteiger partial charge on any atom is 0.252 e.